The standard InChI is InChI=1S/C25H26N6O2/c1-4-20-16(2)23(31(3)30-20)25(33)28-21(17-9-6-5-7-10-17)13-19-14-22(32)29-24(27-19)18-11-8-12-26-15-18/h5-12,14-15,21H,4,13H2,1-3H3,(H,28,33)(H,27,29,32)/t21-/m0/s1. The Bertz CT molecular complexity index is 1310. The molecule has 8 nitrogen and oxygen atoms in total. The molecule has 8 heteroatoms. The third-order valence-corrected chi connectivity index (χ3v) is 5.58. The minimum atomic E-state index is -0.380. The van der Waals surface area contributed by atoms with Crippen LogP contribution in [-0.2, 0) is 19.9 Å². The zero-order valence-electron chi connectivity index (χ0n) is 18.9. The molecule has 1 amide bonds. The predicted octanol–water partition coefficient (Wildman–Crippen LogP) is 3.15. The number of H-pyrrole nitrogens is 1. The normalized spacial score (nSPS) is 11.8. The summed E-state index contributed by atoms with van der Waals surface area (Å²) in [6, 6.07) is 14.4. The Morgan fingerprint density at radius 3 is 2.64 bits per heavy atom. The van der Waals surface area contributed by atoms with Crippen LogP contribution in [0, 0.1) is 6.92 Å². The summed E-state index contributed by atoms with van der Waals surface area (Å²) in [4.78, 5) is 37.1. The first kappa shape index (κ1) is 22.1. The number of carbonyl (C=O) groups is 1. The number of benzene rings is 1. The SMILES string of the molecule is CCc1nn(C)c(C(=O)N[C@@H](Cc2cc(=O)[nH]c(-c3cccnc3)n2)c2ccccc2)c1C. The van der Waals surface area contributed by atoms with E-state index < -0.39 is 0 Å². The molecule has 168 valence electrons. The van der Waals surface area contributed by atoms with E-state index in [4.69, 9.17) is 0 Å². The van der Waals surface area contributed by atoms with Crippen LogP contribution in [0.5, 0.6) is 0 Å². The Balaban J connectivity index is 1.67. The van der Waals surface area contributed by atoms with Crippen LogP contribution in [0.25, 0.3) is 11.4 Å². The molecule has 0 aliphatic rings. The van der Waals surface area contributed by atoms with Crippen LogP contribution in [0.1, 0.15) is 46.0 Å². The molecule has 0 bridgehead atoms. The van der Waals surface area contributed by atoms with Crippen LogP contribution >= 0.6 is 0 Å². The molecule has 0 radical (unpaired) electrons. The van der Waals surface area contributed by atoms with Crippen molar-refractivity contribution in [1.82, 2.24) is 30.0 Å². The molecule has 0 saturated heterocycles. The number of nitrogens with zero attached hydrogens (tertiary/aromatic N) is 4. The average molecular weight is 443 g/mol. The van der Waals surface area contributed by atoms with Gasteiger partial charge in [-0.25, -0.2) is 4.98 Å². The van der Waals surface area contributed by atoms with Crippen molar-refractivity contribution in [3.63, 3.8) is 0 Å². The van der Waals surface area contributed by atoms with Gasteiger partial charge >= 0.3 is 0 Å². The minimum Gasteiger partial charge on any atom is -0.344 e. The number of aromatic nitrogens is 5. The highest BCUT2D eigenvalue weighted by Gasteiger charge is 2.23. The van der Waals surface area contributed by atoms with Gasteiger partial charge in [0.05, 0.1) is 17.4 Å². The number of pyridine rings is 1. The molecular formula is C25H26N6O2. The maximum absolute atomic E-state index is 13.3. The van der Waals surface area contributed by atoms with Gasteiger partial charge in [-0.3, -0.25) is 19.3 Å². The van der Waals surface area contributed by atoms with Crippen LogP contribution < -0.4 is 10.9 Å². The zero-order valence-corrected chi connectivity index (χ0v) is 18.9. The highest BCUT2D eigenvalue weighted by molar-refractivity contribution is 5.94. The van der Waals surface area contributed by atoms with Crippen molar-refractivity contribution >= 4 is 5.91 Å². The smallest absolute Gasteiger partial charge is 0.270 e. The number of carbonyl (C=O) groups excluding carboxylic acids is 1. The number of amides is 1. The van der Waals surface area contributed by atoms with Gasteiger partial charge in [0.15, 0.2) is 0 Å². The highest BCUT2D eigenvalue weighted by Crippen LogP contribution is 2.21. The van der Waals surface area contributed by atoms with E-state index in [1.54, 1.807) is 30.2 Å². The molecule has 0 fully saturated rings. The molecule has 1 aromatic carbocycles. The second-order valence-electron chi connectivity index (χ2n) is 7.87. The Labute approximate surface area is 191 Å². The summed E-state index contributed by atoms with van der Waals surface area (Å²) < 4.78 is 1.62. The zero-order chi connectivity index (χ0) is 23.4. The lowest BCUT2D eigenvalue weighted by Crippen LogP contribution is -2.32. The fourth-order valence-corrected chi connectivity index (χ4v) is 3.96. The van der Waals surface area contributed by atoms with Crippen LogP contribution in [0.2, 0.25) is 0 Å². The number of hydrogen-bond donors (Lipinski definition) is 2. The maximum atomic E-state index is 13.3. The topological polar surface area (TPSA) is 106 Å². The van der Waals surface area contributed by atoms with E-state index in [0.717, 1.165) is 23.2 Å². The predicted molar refractivity (Wildman–Crippen MR) is 126 cm³/mol. The lowest BCUT2D eigenvalue weighted by Gasteiger charge is -2.19. The Hall–Kier alpha value is -4.07. The third-order valence-electron chi connectivity index (χ3n) is 5.58. The highest BCUT2D eigenvalue weighted by atomic mass is 16.2. The third kappa shape index (κ3) is 4.90. The molecule has 0 saturated carbocycles. The van der Waals surface area contributed by atoms with Crippen molar-refractivity contribution in [2.24, 2.45) is 7.05 Å². The second kappa shape index (κ2) is 9.60. The fraction of sp³-hybridized carbons (Fsp3) is 0.240. The molecule has 0 unspecified atom stereocenters. The van der Waals surface area contributed by atoms with Gasteiger partial charge in [-0.1, -0.05) is 37.3 Å². The molecule has 3 aromatic heterocycles. The van der Waals surface area contributed by atoms with E-state index in [2.05, 4.69) is 25.4 Å². The van der Waals surface area contributed by atoms with Gasteiger partial charge in [-0.05, 0) is 31.0 Å². The first-order chi connectivity index (χ1) is 16.0. The van der Waals surface area contributed by atoms with Crippen LogP contribution in [-0.4, -0.2) is 30.6 Å². The summed E-state index contributed by atoms with van der Waals surface area (Å²) in [5, 5.41) is 7.59. The van der Waals surface area contributed by atoms with Crippen molar-refractivity contribution in [1.29, 1.82) is 0 Å². The fourth-order valence-electron chi connectivity index (χ4n) is 3.96. The molecule has 3 heterocycles. The molecule has 2 N–H and O–H groups in total. The van der Waals surface area contributed by atoms with Gasteiger partial charge in [0.25, 0.3) is 11.5 Å². The van der Waals surface area contributed by atoms with E-state index in [-0.39, 0.29) is 17.5 Å². The molecule has 0 aliphatic carbocycles. The van der Waals surface area contributed by atoms with Gasteiger partial charge in [0.1, 0.15) is 11.5 Å². The van der Waals surface area contributed by atoms with Crippen molar-refractivity contribution in [3.8, 4) is 11.4 Å². The number of nitrogens with one attached hydrogen (secondary N) is 2. The number of aromatic amines is 1. The first-order valence-electron chi connectivity index (χ1n) is 10.8. The first-order valence-corrected chi connectivity index (χ1v) is 10.8. The van der Waals surface area contributed by atoms with E-state index in [1.165, 1.54) is 6.07 Å². The summed E-state index contributed by atoms with van der Waals surface area (Å²) in [6.07, 6.45) is 4.42. The van der Waals surface area contributed by atoms with Gasteiger partial charge in [-0.2, -0.15) is 5.10 Å². The van der Waals surface area contributed by atoms with Gasteiger partial charge < -0.3 is 10.3 Å². The average Bonchev–Trinajstić information content (AvgIpc) is 3.12. The van der Waals surface area contributed by atoms with E-state index in [9.17, 15) is 9.59 Å². The minimum absolute atomic E-state index is 0.214. The van der Waals surface area contributed by atoms with Crippen molar-refractivity contribution in [3.05, 3.63) is 99.5 Å². The van der Waals surface area contributed by atoms with E-state index in [0.29, 0.717) is 29.2 Å². The van der Waals surface area contributed by atoms with Gasteiger partial charge in [0.2, 0.25) is 0 Å². The molecule has 1 atom stereocenters. The van der Waals surface area contributed by atoms with Crippen LogP contribution in [0.3, 0.4) is 0 Å². The maximum Gasteiger partial charge on any atom is 0.270 e. The number of aryl methyl sites for hydroxylation is 2. The van der Waals surface area contributed by atoms with Crippen LogP contribution in [0.4, 0.5) is 0 Å². The van der Waals surface area contributed by atoms with Crippen molar-refractivity contribution in [2.45, 2.75) is 32.7 Å². The van der Waals surface area contributed by atoms with Crippen LogP contribution in [0.15, 0.2) is 65.7 Å². The van der Waals surface area contributed by atoms with Gasteiger partial charge in [-0.15, -0.1) is 0 Å². The lowest BCUT2D eigenvalue weighted by molar-refractivity contribution is 0.0926. The molecular weight excluding hydrogens is 416 g/mol. The number of hydrogen-bond acceptors (Lipinski definition) is 5. The lowest BCUT2D eigenvalue weighted by atomic mass is 10.0. The quantitative estimate of drug-likeness (QED) is 0.457. The van der Waals surface area contributed by atoms with Crippen molar-refractivity contribution in [2.75, 3.05) is 0 Å². The Kier molecular flexibility index (Phi) is 6.44. The Morgan fingerprint density at radius 2 is 1.97 bits per heavy atom. The second-order valence-corrected chi connectivity index (χ2v) is 7.87. The molecule has 4 rings (SSSR count). The molecule has 0 aliphatic heterocycles. The number of rotatable bonds is 7. The summed E-state index contributed by atoms with van der Waals surface area (Å²) in [6.45, 7) is 3.93. The summed E-state index contributed by atoms with van der Waals surface area (Å²) in [5.74, 6) is 0.229. The van der Waals surface area contributed by atoms with Crippen molar-refractivity contribution < 1.29 is 4.79 Å². The summed E-state index contributed by atoms with van der Waals surface area (Å²) in [5.41, 5.74) is 4.26. The largest absolute Gasteiger partial charge is 0.344 e. The van der Waals surface area contributed by atoms with E-state index >= 15 is 0 Å². The molecule has 33 heavy (non-hydrogen) atoms. The Morgan fingerprint density at radius 1 is 1.18 bits per heavy atom. The molecule has 4 aromatic rings. The van der Waals surface area contributed by atoms with E-state index in [1.807, 2.05) is 50.2 Å². The van der Waals surface area contributed by atoms with Gasteiger partial charge in [0, 0.05) is 43.1 Å². The summed E-state index contributed by atoms with van der Waals surface area (Å²) >= 11 is 0. The monoisotopic (exact) mass is 442 g/mol. The summed E-state index contributed by atoms with van der Waals surface area (Å²) in [7, 11) is 1.77. The molecule has 0 spiro atoms.